The van der Waals surface area contributed by atoms with Crippen LogP contribution in [-0.4, -0.2) is 41.9 Å². The number of piperazine rings is 1. The lowest BCUT2D eigenvalue weighted by Gasteiger charge is -2.39. The average Bonchev–Trinajstić information content (AvgIpc) is 2.87. The summed E-state index contributed by atoms with van der Waals surface area (Å²) in [5, 5.41) is 12.6. The summed E-state index contributed by atoms with van der Waals surface area (Å²) in [5.41, 5.74) is 4.60. The Labute approximate surface area is 195 Å². The Morgan fingerprint density at radius 2 is 1.42 bits per heavy atom. The molecule has 5 heteroatoms. The van der Waals surface area contributed by atoms with Crippen LogP contribution in [0.5, 0.6) is 0 Å². The van der Waals surface area contributed by atoms with Crippen LogP contribution in [0.2, 0.25) is 0 Å². The Morgan fingerprint density at radius 3 is 1.94 bits per heavy atom. The van der Waals surface area contributed by atoms with E-state index in [0.29, 0.717) is 13.1 Å². The molecule has 5 nitrogen and oxygen atoms in total. The summed E-state index contributed by atoms with van der Waals surface area (Å²) in [6.07, 6.45) is 1.51. The van der Waals surface area contributed by atoms with E-state index in [4.69, 9.17) is 0 Å². The van der Waals surface area contributed by atoms with Gasteiger partial charge in [-0.1, -0.05) is 78.4 Å². The van der Waals surface area contributed by atoms with Gasteiger partial charge in [-0.05, 0) is 30.2 Å². The van der Waals surface area contributed by atoms with Gasteiger partial charge in [0.2, 0.25) is 0 Å². The smallest absolute Gasteiger partial charge is 0.266 e. The first-order valence-corrected chi connectivity index (χ1v) is 11.2. The molecule has 0 radical (unpaired) electrons. The van der Waals surface area contributed by atoms with Gasteiger partial charge < -0.3 is 10.2 Å². The van der Waals surface area contributed by atoms with Crippen molar-refractivity contribution in [1.82, 2.24) is 9.80 Å². The van der Waals surface area contributed by atoms with Crippen molar-refractivity contribution in [2.75, 3.05) is 31.5 Å². The zero-order valence-corrected chi connectivity index (χ0v) is 18.8. The normalized spacial score (nSPS) is 14.7. The topological polar surface area (TPSA) is 59.4 Å². The third kappa shape index (κ3) is 5.49. The second-order valence-electron chi connectivity index (χ2n) is 8.23. The number of nitrogens with one attached hydrogen (secondary N) is 1. The van der Waals surface area contributed by atoms with Crippen LogP contribution in [-0.2, 0) is 4.79 Å². The molecular weight excluding hydrogens is 408 g/mol. The molecule has 1 aliphatic heterocycles. The average molecular weight is 437 g/mol. The van der Waals surface area contributed by atoms with E-state index in [9.17, 15) is 10.1 Å². The van der Waals surface area contributed by atoms with Crippen LogP contribution in [0.15, 0.2) is 96.7 Å². The fourth-order valence-electron chi connectivity index (χ4n) is 4.19. The summed E-state index contributed by atoms with van der Waals surface area (Å²) >= 11 is 0. The predicted molar refractivity (Wildman–Crippen MR) is 131 cm³/mol. The number of aryl methyl sites for hydroxylation is 1. The first-order valence-electron chi connectivity index (χ1n) is 11.2. The number of rotatable bonds is 6. The summed E-state index contributed by atoms with van der Waals surface area (Å²) in [5.74, 6) is -0.229. The van der Waals surface area contributed by atoms with Crippen molar-refractivity contribution in [3.05, 3.63) is 113 Å². The Bertz CT molecular complexity index is 1090. The quantitative estimate of drug-likeness (QED) is 0.448. The van der Waals surface area contributed by atoms with Crippen LogP contribution in [0, 0.1) is 18.3 Å². The van der Waals surface area contributed by atoms with Crippen molar-refractivity contribution in [3.8, 4) is 6.07 Å². The summed E-state index contributed by atoms with van der Waals surface area (Å²) in [6.45, 7) is 4.66. The molecule has 0 bridgehead atoms. The molecule has 1 fully saturated rings. The van der Waals surface area contributed by atoms with Crippen LogP contribution in [0.3, 0.4) is 0 Å². The minimum atomic E-state index is -0.229. The standard InChI is InChI=1S/C28H28N4O/c1-22-12-14-26(15-13-22)30-21-25(20-29)28(33)32-18-16-31(17-19-32)27(23-8-4-2-5-9-23)24-10-6-3-7-11-24/h2-15,21,27,30H,16-19H2,1H3/b25-21-. The minimum Gasteiger partial charge on any atom is -0.360 e. The highest BCUT2D eigenvalue weighted by atomic mass is 16.2. The molecule has 3 aromatic carbocycles. The van der Waals surface area contributed by atoms with Crippen LogP contribution >= 0.6 is 0 Å². The molecular formula is C28H28N4O. The van der Waals surface area contributed by atoms with E-state index in [-0.39, 0.29) is 17.5 Å². The molecule has 166 valence electrons. The van der Waals surface area contributed by atoms with E-state index in [1.54, 1.807) is 4.90 Å². The lowest BCUT2D eigenvalue weighted by molar-refractivity contribution is -0.128. The zero-order chi connectivity index (χ0) is 23.0. The van der Waals surface area contributed by atoms with Gasteiger partial charge in [0.15, 0.2) is 0 Å². The molecule has 1 heterocycles. The molecule has 1 N–H and O–H groups in total. The second-order valence-corrected chi connectivity index (χ2v) is 8.23. The molecule has 1 amide bonds. The zero-order valence-electron chi connectivity index (χ0n) is 18.8. The van der Waals surface area contributed by atoms with Gasteiger partial charge in [-0.25, -0.2) is 0 Å². The van der Waals surface area contributed by atoms with Crippen molar-refractivity contribution in [2.24, 2.45) is 0 Å². The Morgan fingerprint density at radius 1 is 0.879 bits per heavy atom. The fraction of sp³-hybridized carbons (Fsp3) is 0.214. The van der Waals surface area contributed by atoms with E-state index < -0.39 is 0 Å². The summed E-state index contributed by atoms with van der Waals surface area (Å²) < 4.78 is 0. The number of carbonyl (C=O) groups excluding carboxylic acids is 1. The predicted octanol–water partition coefficient (Wildman–Crippen LogP) is 4.75. The first kappa shape index (κ1) is 22.3. The van der Waals surface area contributed by atoms with Gasteiger partial charge in [0, 0.05) is 38.1 Å². The fourth-order valence-corrected chi connectivity index (χ4v) is 4.19. The van der Waals surface area contributed by atoms with Crippen molar-refractivity contribution < 1.29 is 4.79 Å². The highest BCUT2D eigenvalue weighted by Crippen LogP contribution is 2.29. The molecule has 1 aliphatic rings. The van der Waals surface area contributed by atoms with Crippen molar-refractivity contribution in [1.29, 1.82) is 5.26 Å². The van der Waals surface area contributed by atoms with Crippen LogP contribution in [0.4, 0.5) is 5.69 Å². The van der Waals surface area contributed by atoms with E-state index in [0.717, 1.165) is 24.3 Å². The minimum absolute atomic E-state index is 0.117. The maximum atomic E-state index is 13.0. The molecule has 0 atom stereocenters. The molecule has 0 spiro atoms. The summed E-state index contributed by atoms with van der Waals surface area (Å²) in [7, 11) is 0. The second kappa shape index (κ2) is 10.6. The van der Waals surface area contributed by atoms with Crippen molar-refractivity contribution in [3.63, 3.8) is 0 Å². The molecule has 0 saturated carbocycles. The highest BCUT2D eigenvalue weighted by Gasteiger charge is 2.29. The number of amides is 1. The lowest BCUT2D eigenvalue weighted by atomic mass is 9.96. The van der Waals surface area contributed by atoms with Crippen molar-refractivity contribution in [2.45, 2.75) is 13.0 Å². The van der Waals surface area contributed by atoms with E-state index in [1.807, 2.05) is 43.3 Å². The van der Waals surface area contributed by atoms with Crippen LogP contribution in [0.1, 0.15) is 22.7 Å². The van der Waals surface area contributed by atoms with Gasteiger partial charge in [0.1, 0.15) is 11.6 Å². The number of hydrogen-bond acceptors (Lipinski definition) is 4. The van der Waals surface area contributed by atoms with E-state index in [1.165, 1.54) is 17.3 Å². The maximum absolute atomic E-state index is 13.0. The molecule has 3 aromatic rings. The van der Waals surface area contributed by atoms with Crippen LogP contribution in [0.25, 0.3) is 0 Å². The van der Waals surface area contributed by atoms with Gasteiger partial charge >= 0.3 is 0 Å². The Balaban J connectivity index is 1.44. The number of anilines is 1. The summed E-state index contributed by atoms with van der Waals surface area (Å²) in [6, 6.07) is 31.0. The van der Waals surface area contributed by atoms with Gasteiger partial charge in [0.25, 0.3) is 5.91 Å². The molecule has 0 aliphatic carbocycles. The molecule has 0 unspecified atom stereocenters. The number of hydrogen-bond donors (Lipinski definition) is 1. The highest BCUT2D eigenvalue weighted by molar-refractivity contribution is 5.97. The SMILES string of the molecule is Cc1ccc(N/C=C(/C#N)C(=O)N2CCN(C(c3ccccc3)c3ccccc3)CC2)cc1. The third-order valence-electron chi connectivity index (χ3n) is 5.98. The van der Waals surface area contributed by atoms with Gasteiger partial charge in [-0.3, -0.25) is 9.69 Å². The van der Waals surface area contributed by atoms with Crippen LogP contribution < -0.4 is 5.32 Å². The third-order valence-corrected chi connectivity index (χ3v) is 5.98. The number of benzene rings is 3. The van der Waals surface area contributed by atoms with E-state index >= 15 is 0 Å². The lowest BCUT2D eigenvalue weighted by Crippen LogP contribution is -2.50. The molecule has 1 saturated heterocycles. The van der Waals surface area contributed by atoms with Gasteiger partial charge in [-0.15, -0.1) is 0 Å². The Kier molecular flexibility index (Phi) is 7.19. The molecule has 4 rings (SSSR count). The summed E-state index contributed by atoms with van der Waals surface area (Å²) in [4.78, 5) is 17.2. The van der Waals surface area contributed by atoms with E-state index in [2.05, 4.69) is 64.8 Å². The van der Waals surface area contributed by atoms with Crippen molar-refractivity contribution >= 4 is 11.6 Å². The molecule has 0 aromatic heterocycles. The number of carbonyl (C=O) groups is 1. The Hall–Kier alpha value is -3.88. The number of nitrogens with zero attached hydrogens (tertiary/aromatic N) is 3. The van der Waals surface area contributed by atoms with Gasteiger partial charge in [-0.2, -0.15) is 5.26 Å². The monoisotopic (exact) mass is 436 g/mol. The maximum Gasteiger partial charge on any atom is 0.266 e. The number of nitriles is 1. The van der Waals surface area contributed by atoms with Gasteiger partial charge in [0.05, 0.1) is 6.04 Å². The largest absolute Gasteiger partial charge is 0.360 e. The molecule has 33 heavy (non-hydrogen) atoms. The first-order chi connectivity index (χ1) is 16.2.